The molecule has 1 fully saturated rings. The van der Waals surface area contributed by atoms with Crippen LogP contribution in [-0.4, -0.2) is 12.6 Å². The van der Waals surface area contributed by atoms with E-state index < -0.39 is 0 Å². The third kappa shape index (κ3) is 5.33. The monoisotopic (exact) mass is 299 g/mol. The van der Waals surface area contributed by atoms with Crippen molar-refractivity contribution in [2.45, 2.75) is 51.5 Å². The van der Waals surface area contributed by atoms with Gasteiger partial charge in [0.05, 0.1) is 10.0 Å². The first-order chi connectivity index (χ1) is 9.19. The molecule has 0 amide bonds. The number of rotatable bonds is 8. The van der Waals surface area contributed by atoms with Gasteiger partial charge in [-0.3, -0.25) is 0 Å². The lowest BCUT2D eigenvalue weighted by Gasteiger charge is -2.19. The van der Waals surface area contributed by atoms with Crippen molar-refractivity contribution < 1.29 is 0 Å². The highest BCUT2D eigenvalue weighted by Crippen LogP contribution is 2.34. The first kappa shape index (κ1) is 15.2. The Morgan fingerprint density at radius 1 is 1.26 bits per heavy atom. The second-order valence-corrected chi connectivity index (χ2v) is 6.44. The summed E-state index contributed by atoms with van der Waals surface area (Å²) in [6.07, 6.45) is 7.74. The Morgan fingerprint density at radius 3 is 2.68 bits per heavy atom. The van der Waals surface area contributed by atoms with E-state index in [-0.39, 0.29) is 0 Å². The quantitative estimate of drug-likeness (QED) is 0.704. The summed E-state index contributed by atoms with van der Waals surface area (Å²) in [4.78, 5) is 0. The average Bonchev–Trinajstić information content (AvgIpc) is 3.21. The van der Waals surface area contributed by atoms with E-state index in [0.29, 0.717) is 16.1 Å². The second kappa shape index (κ2) is 7.52. The van der Waals surface area contributed by atoms with Crippen LogP contribution in [0.3, 0.4) is 0 Å². The van der Waals surface area contributed by atoms with E-state index in [1.54, 1.807) is 0 Å². The summed E-state index contributed by atoms with van der Waals surface area (Å²) >= 11 is 12.1. The molecule has 1 aliphatic carbocycles. The molecule has 1 atom stereocenters. The fourth-order valence-corrected chi connectivity index (χ4v) is 2.74. The van der Waals surface area contributed by atoms with Crippen molar-refractivity contribution in [1.82, 2.24) is 5.32 Å². The molecule has 0 aromatic heterocycles. The normalized spacial score (nSPS) is 16.6. The molecule has 0 heterocycles. The van der Waals surface area contributed by atoms with Crippen molar-refractivity contribution in [3.05, 3.63) is 33.8 Å². The Hall–Kier alpha value is -0.240. The number of hydrogen-bond donors (Lipinski definition) is 1. The Labute approximate surface area is 126 Å². The van der Waals surface area contributed by atoms with Gasteiger partial charge >= 0.3 is 0 Å². The summed E-state index contributed by atoms with van der Waals surface area (Å²) in [6, 6.07) is 6.56. The SMILES string of the molecule is CCCNC(CCC1CC1)Cc1ccc(Cl)c(Cl)c1. The van der Waals surface area contributed by atoms with Crippen LogP contribution in [0.2, 0.25) is 10.0 Å². The van der Waals surface area contributed by atoms with Gasteiger partial charge in [0, 0.05) is 6.04 Å². The Kier molecular flexibility index (Phi) is 6.00. The maximum absolute atomic E-state index is 6.09. The molecule has 3 heteroatoms. The highest BCUT2D eigenvalue weighted by atomic mass is 35.5. The van der Waals surface area contributed by atoms with E-state index in [0.717, 1.165) is 18.9 Å². The average molecular weight is 300 g/mol. The molecule has 1 aromatic carbocycles. The van der Waals surface area contributed by atoms with E-state index in [1.165, 1.54) is 37.7 Å². The van der Waals surface area contributed by atoms with E-state index in [9.17, 15) is 0 Å². The Balaban J connectivity index is 1.90. The molecule has 1 N–H and O–H groups in total. The predicted octanol–water partition coefficient (Wildman–Crippen LogP) is 5.09. The van der Waals surface area contributed by atoms with Crippen molar-refractivity contribution in [1.29, 1.82) is 0 Å². The summed E-state index contributed by atoms with van der Waals surface area (Å²) in [5, 5.41) is 4.96. The summed E-state index contributed by atoms with van der Waals surface area (Å²) in [6.45, 7) is 3.31. The van der Waals surface area contributed by atoms with Gasteiger partial charge < -0.3 is 5.32 Å². The van der Waals surface area contributed by atoms with Crippen LogP contribution < -0.4 is 5.32 Å². The van der Waals surface area contributed by atoms with Crippen LogP contribution >= 0.6 is 23.2 Å². The molecule has 1 aromatic rings. The van der Waals surface area contributed by atoms with Gasteiger partial charge in [-0.25, -0.2) is 0 Å². The molecule has 106 valence electrons. The summed E-state index contributed by atoms with van der Waals surface area (Å²) < 4.78 is 0. The summed E-state index contributed by atoms with van der Waals surface area (Å²) in [5.41, 5.74) is 1.28. The lowest BCUT2D eigenvalue weighted by Crippen LogP contribution is -2.31. The van der Waals surface area contributed by atoms with Crippen LogP contribution in [0, 0.1) is 5.92 Å². The molecule has 19 heavy (non-hydrogen) atoms. The van der Waals surface area contributed by atoms with Crippen molar-refractivity contribution in [3.63, 3.8) is 0 Å². The standard InChI is InChI=1S/C16H23Cl2N/c1-2-9-19-14(7-5-12-3-4-12)10-13-6-8-15(17)16(18)11-13/h6,8,11-12,14,19H,2-5,7,9-10H2,1H3. The molecule has 1 aliphatic rings. The summed E-state index contributed by atoms with van der Waals surface area (Å²) in [7, 11) is 0. The van der Waals surface area contributed by atoms with Crippen LogP contribution in [0.1, 0.15) is 44.6 Å². The molecular weight excluding hydrogens is 277 g/mol. The smallest absolute Gasteiger partial charge is 0.0595 e. The Bertz CT molecular complexity index is 402. The zero-order chi connectivity index (χ0) is 13.7. The number of halogens is 2. The lowest BCUT2D eigenvalue weighted by molar-refractivity contribution is 0.452. The van der Waals surface area contributed by atoms with E-state index in [1.807, 2.05) is 12.1 Å². The number of nitrogens with one attached hydrogen (secondary N) is 1. The van der Waals surface area contributed by atoms with Gasteiger partial charge in [0.25, 0.3) is 0 Å². The topological polar surface area (TPSA) is 12.0 Å². The molecular formula is C16H23Cl2N. The van der Waals surface area contributed by atoms with Crippen molar-refractivity contribution in [2.75, 3.05) is 6.54 Å². The van der Waals surface area contributed by atoms with Gasteiger partial charge in [-0.1, -0.05) is 49.0 Å². The van der Waals surface area contributed by atoms with Gasteiger partial charge in [0.2, 0.25) is 0 Å². The number of benzene rings is 1. The predicted molar refractivity (Wildman–Crippen MR) is 84.2 cm³/mol. The largest absolute Gasteiger partial charge is 0.314 e. The van der Waals surface area contributed by atoms with Gasteiger partial charge in [-0.15, -0.1) is 0 Å². The van der Waals surface area contributed by atoms with Crippen molar-refractivity contribution in [3.8, 4) is 0 Å². The van der Waals surface area contributed by atoms with Crippen LogP contribution in [0.5, 0.6) is 0 Å². The molecule has 1 saturated carbocycles. The highest BCUT2D eigenvalue weighted by Gasteiger charge is 2.22. The molecule has 0 spiro atoms. The molecule has 0 radical (unpaired) electrons. The third-order valence-corrected chi connectivity index (χ3v) is 4.51. The lowest BCUT2D eigenvalue weighted by atomic mass is 10.0. The first-order valence-electron chi connectivity index (χ1n) is 7.36. The minimum atomic E-state index is 0.567. The molecule has 1 nitrogen and oxygen atoms in total. The minimum absolute atomic E-state index is 0.567. The summed E-state index contributed by atoms with van der Waals surface area (Å²) in [5.74, 6) is 1.000. The van der Waals surface area contributed by atoms with Crippen LogP contribution in [0.15, 0.2) is 18.2 Å². The molecule has 0 aliphatic heterocycles. The van der Waals surface area contributed by atoms with E-state index in [2.05, 4.69) is 18.3 Å². The zero-order valence-corrected chi connectivity index (χ0v) is 13.1. The zero-order valence-electron chi connectivity index (χ0n) is 11.6. The maximum Gasteiger partial charge on any atom is 0.0595 e. The van der Waals surface area contributed by atoms with E-state index >= 15 is 0 Å². The molecule has 0 bridgehead atoms. The highest BCUT2D eigenvalue weighted by molar-refractivity contribution is 6.42. The maximum atomic E-state index is 6.09. The Morgan fingerprint density at radius 2 is 2.05 bits per heavy atom. The first-order valence-corrected chi connectivity index (χ1v) is 8.12. The minimum Gasteiger partial charge on any atom is -0.314 e. The fraction of sp³-hybridized carbons (Fsp3) is 0.625. The van der Waals surface area contributed by atoms with Crippen molar-refractivity contribution in [2.24, 2.45) is 5.92 Å². The van der Waals surface area contributed by atoms with Gasteiger partial charge in [-0.2, -0.15) is 0 Å². The van der Waals surface area contributed by atoms with Gasteiger partial charge in [0.15, 0.2) is 0 Å². The fourth-order valence-electron chi connectivity index (χ4n) is 2.42. The third-order valence-electron chi connectivity index (χ3n) is 3.77. The second-order valence-electron chi connectivity index (χ2n) is 5.62. The van der Waals surface area contributed by atoms with Gasteiger partial charge in [0.1, 0.15) is 0 Å². The van der Waals surface area contributed by atoms with Crippen LogP contribution in [-0.2, 0) is 6.42 Å². The van der Waals surface area contributed by atoms with Gasteiger partial charge in [-0.05, 0) is 55.8 Å². The van der Waals surface area contributed by atoms with Crippen LogP contribution in [0.4, 0.5) is 0 Å². The van der Waals surface area contributed by atoms with E-state index in [4.69, 9.17) is 23.2 Å². The number of hydrogen-bond acceptors (Lipinski definition) is 1. The van der Waals surface area contributed by atoms with Crippen molar-refractivity contribution >= 4 is 23.2 Å². The molecule has 2 rings (SSSR count). The molecule has 1 unspecified atom stereocenters. The molecule has 0 saturated heterocycles. The van der Waals surface area contributed by atoms with Crippen LogP contribution in [0.25, 0.3) is 0 Å².